The maximum atomic E-state index is 13.3. The lowest BCUT2D eigenvalue weighted by atomic mass is 10.1. The van der Waals surface area contributed by atoms with Gasteiger partial charge in [-0.2, -0.15) is 0 Å². The van der Waals surface area contributed by atoms with Crippen molar-refractivity contribution in [3.05, 3.63) is 64.1 Å². The fourth-order valence-electron chi connectivity index (χ4n) is 1.57. The van der Waals surface area contributed by atoms with Crippen molar-refractivity contribution in [2.75, 3.05) is 5.32 Å². The number of carbonyl (C=O) groups excluding carboxylic acids is 1. The Morgan fingerprint density at radius 1 is 1.11 bits per heavy atom. The van der Waals surface area contributed by atoms with E-state index in [2.05, 4.69) is 21.2 Å². The molecule has 0 bridgehead atoms. The number of benzene rings is 2. The van der Waals surface area contributed by atoms with Gasteiger partial charge in [-0.15, -0.1) is 0 Å². The van der Waals surface area contributed by atoms with E-state index in [0.717, 1.165) is 0 Å². The van der Waals surface area contributed by atoms with Crippen LogP contribution in [0.4, 0.5) is 14.5 Å². The van der Waals surface area contributed by atoms with Crippen molar-refractivity contribution >= 4 is 27.5 Å². The lowest BCUT2D eigenvalue weighted by molar-refractivity contribution is -0.115. The summed E-state index contributed by atoms with van der Waals surface area (Å²) in [5.74, 6) is -1.08. The second-order valence-electron chi connectivity index (χ2n) is 3.98. The van der Waals surface area contributed by atoms with Gasteiger partial charge in [0.1, 0.15) is 11.6 Å². The third kappa shape index (κ3) is 3.86. The summed E-state index contributed by atoms with van der Waals surface area (Å²) in [6.45, 7) is 0. The second kappa shape index (κ2) is 5.93. The average Bonchev–Trinajstić information content (AvgIpc) is 2.37. The quantitative estimate of drug-likeness (QED) is 0.910. The molecule has 2 rings (SSSR count). The third-order valence-electron chi connectivity index (χ3n) is 2.48. The molecule has 2 aromatic rings. The monoisotopic (exact) mass is 325 g/mol. The van der Waals surface area contributed by atoms with E-state index in [1.807, 2.05) is 0 Å². The summed E-state index contributed by atoms with van der Waals surface area (Å²) in [7, 11) is 0. The minimum atomic E-state index is -0.445. The van der Waals surface area contributed by atoms with Gasteiger partial charge < -0.3 is 5.32 Å². The van der Waals surface area contributed by atoms with Gasteiger partial charge in [-0.3, -0.25) is 4.79 Å². The normalized spacial score (nSPS) is 10.3. The van der Waals surface area contributed by atoms with Gasteiger partial charge in [0.2, 0.25) is 5.91 Å². The summed E-state index contributed by atoms with van der Waals surface area (Å²) in [6.07, 6.45) is 0.109. The van der Waals surface area contributed by atoms with E-state index in [-0.39, 0.29) is 18.1 Å². The molecule has 0 aliphatic heterocycles. The molecule has 0 atom stereocenters. The van der Waals surface area contributed by atoms with E-state index in [1.165, 1.54) is 36.4 Å². The number of rotatable bonds is 3. The van der Waals surface area contributed by atoms with Gasteiger partial charge in [-0.05, 0) is 51.8 Å². The summed E-state index contributed by atoms with van der Waals surface area (Å²) < 4.78 is 26.3. The molecule has 98 valence electrons. The van der Waals surface area contributed by atoms with Crippen molar-refractivity contribution in [1.29, 1.82) is 0 Å². The number of anilines is 1. The standard InChI is InChI=1S/C14H10BrF2NO/c15-12-6-5-11(8-13(12)17)18-14(19)7-9-1-3-10(16)4-2-9/h1-6,8H,7H2,(H,18,19). The van der Waals surface area contributed by atoms with Crippen LogP contribution in [0.15, 0.2) is 46.9 Å². The van der Waals surface area contributed by atoms with E-state index >= 15 is 0 Å². The highest BCUT2D eigenvalue weighted by molar-refractivity contribution is 9.10. The van der Waals surface area contributed by atoms with Gasteiger partial charge >= 0.3 is 0 Å². The fraction of sp³-hybridized carbons (Fsp3) is 0.0714. The van der Waals surface area contributed by atoms with Crippen LogP contribution in [-0.4, -0.2) is 5.91 Å². The number of hydrogen-bond donors (Lipinski definition) is 1. The highest BCUT2D eigenvalue weighted by atomic mass is 79.9. The summed E-state index contributed by atoms with van der Waals surface area (Å²) in [5.41, 5.74) is 1.07. The zero-order valence-corrected chi connectivity index (χ0v) is 11.4. The van der Waals surface area contributed by atoms with Crippen molar-refractivity contribution in [3.63, 3.8) is 0 Å². The van der Waals surface area contributed by atoms with Crippen LogP contribution < -0.4 is 5.32 Å². The molecule has 0 heterocycles. The third-order valence-corrected chi connectivity index (χ3v) is 3.12. The predicted molar refractivity (Wildman–Crippen MR) is 72.8 cm³/mol. The van der Waals surface area contributed by atoms with Crippen LogP contribution >= 0.6 is 15.9 Å². The molecule has 0 fully saturated rings. The lowest BCUT2D eigenvalue weighted by Crippen LogP contribution is -2.14. The van der Waals surface area contributed by atoms with Crippen molar-refractivity contribution in [2.24, 2.45) is 0 Å². The van der Waals surface area contributed by atoms with Gasteiger partial charge in [0.25, 0.3) is 0 Å². The average molecular weight is 326 g/mol. The van der Waals surface area contributed by atoms with Crippen molar-refractivity contribution in [1.82, 2.24) is 0 Å². The topological polar surface area (TPSA) is 29.1 Å². The van der Waals surface area contributed by atoms with Crippen molar-refractivity contribution in [3.8, 4) is 0 Å². The Morgan fingerprint density at radius 3 is 2.42 bits per heavy atom. The van der Waals surface area contributed by atoms with Crippen LogP contribution in [0.3, 0.4) is 0 Å². The van der Waals surface area contributed by atoms with E-state index < -0.39 is 5.82 Å². The first-order valence-corrected chi connectivity index (χ1v) is 6.33. The van der Waals surface area contributed by atoms with Gasteiger partial charge in [0.15, 0.2) is 0 Å². The molecular weight excluding hydrogens is 316 g/mol. The van der Waals surface area contributed by atoms with E-state index in [1.54, 1.807) is 6.07 Å². The summed E-state index contributed by atoms with van der Waals surface area (Å²) >= 11 is 3.03. The zero-order valence-electron chi connectivity index (χ0n) is 9.79. The fourth-order valence-corrected chi connectivity index (χ4v) is 1.81. The Kier molecular flexibility index (Phi) is 4.27. The van der Waals surface area contributed by atoms with E-state index in [4.69, 9.17) is 0 Å². The zero-order chi connectivity index (χ0) is 13.8. The van der Waals surface area contributed by atoms with Crippen molar-refractivity contribution in [2.45, 2.75) is 6.42 Å². The smallest absolute Gasteiger partial charge is 0.228 e. The molecule has 0 aliphatic carbocycles. The van der Waals surface area contributed by atoms with Crippen LogP contribution in [0.2, 0.25) is 0 Å². The SMILES string of the molecule is O=C(Cc1ccc(F)cc1)Nc1ccc(Br)c(F)c1. The molecule has 0 radical (unpaired) electrons. The molecule has 0 spiro atoms. The summed E-state index contributed by atoms with van der Waals surface area (Å²) in [4.78, 5) is 11.7. The summed E-state index contributed by atoms with van der Waals surface area (Å²) in [6, 6.07) is 10.0. The molecule has 2 nitrogen and oxygen atoms in total. The molecule has 1 N–H and O–H groups in total. The molecule has 0 saturated carbocycles. The summed E-state index contributed by atoms with van der Waals surface area (Å²) in [5, 5.41) is 2.58. The number of hydrogen-bond acceptors (Lipinski definition) is 1. The van der Waals surface area contributed by atoms with Gasteiger partial charge in [0.05, 0.1) is 10.9 Å². The Balaban J connectivity index is 2.01. The maximum absolute atomic E-state index is 13.3. The largest absolute Gasteiger partial charge is 0.326 e. The lowest BCUT2D eigenvalue weighted by Gasteiger charge is -2.06. The molecule has 0 saturated heterocycles. The molecule has 0 aliphatic rings. The number of amides is 1. The van der Waals surface area contributed by atoms with Gasteiger partial charge in [-0.1, -0.05) is 12.1 Å². The van der Waals surface area contributed by atoms with Crippen LogP contribution in [-0.2, 0) is 11.2 Å². The van der Waals surface area contributed by atoms with Crippen LogP contribution in [0.25, 0.3) is 0 Å². The molecule has 5 heteroatoms. The van der Waals surface area contributed by atoms with Crippen LogP contribution in [0, 0.1) is 11.6 Å². The Bertz CT molecular complexity index is 599. The van der Waals surface area contributed by atoms with E-state index in [9.17, 15) is 13.6 Å². The first-order valence-electron chi connectivity index (χ1n) is 5.54. The Hall–Kier alpha value is -1.75. The van der Waals surface area contributed by atoms with E-state index in [0.29, 0.717) is 15.7 Å². The highest BCUT2D eigenvalue weighted by Gasteiger charge is 2.06. The molecule has 0 aromatic heterocycles. The molecular formula is C14H10BrF2NO. The van der Waals surface area contributed by atoms with Crippen LogP contribution in [0.5, 0.6) is 0 Å². The molecule has 1 amide bonds. The Morgan fingerprint density at radius 2 is 1.79 bits per heavy atom. The van der Waals surface area contributed by atoms with Crippen LogP contribution in [0.1, 0.15) is 5.56 Å². The first kappa shape index (κ1) is 13.7. The predicted octanol–water partition coefficient (Wildman–Crippen LogP) is 3.91. The number of carbonyl (C=O) groups is 1. The maximum Gasteiger partial charge on any atom is 0.228 e. The van der Waals surface area contributed by atoms with Gasteiger partial charge in [-0.25, -0.2) is 8.78 Å². The number of nitrogens with one attached hydrogen (secondary N) is 1. The first-order chi connectivity index (χ1) is 9.04. The van der Waals surface area contributed by atoms with Crippen molar-refractivity contribution < 1.29 is 13.6 Å². The van der Waals surface area contributed by atoms with Gasteiger partial charge in [0, 0.05) is 5.69 Å². The molecule has 0 unspecified atom stereocenters. The highest BCUT2D eigenvalue weighted by Crippen LogP contribution is 2.19. The second-order valence-corrected chi connectivity index (χ2v) is 4.83. The minimum Gasteiger partial charge on any atom is -0.326 e. The molecule has 19 heavy (non-hydrogen) atoms. The number of halogens is 3. The molecule has 2 aromatic carbocycles. The minimum absolute atomic E-state index is 0.109. The Labute approximate surface area is 117 Å².